The van der Waals surface area contributed by atoms with Crippen LogP contribution in [0.2, 0.25) is 0 Å². The quantitative estimate of drug-likeness (QED) is 0.545. The molecule has 0 saturated carbocycles. The van der Waals surface area contributed by atoms with E-state index in [-0.39, 0.29) is 23.9 Å². The fourth-order valence-electron chi connectivity index (χ4n) is 1.18. The van der Waals surface area contributed by atoms with Crippen molar-refractivity contribution in [3.63, 3.8) is 0 Å². The number of hydrogen-bond acceptors (Lipinski definition) is 3. The standard InChI is InChI=1S/C12H15FN4/c1-8(6-11(14)12(15)16)17-7-9-4-2-3-5-10(9)13/h2-6H,7,14H2,1H3,(H3,15,16). The van der Waals surface area contributed by atoms with Gasteiger partial charge in [0.25, 0.3) is 0 Å². The highest BCUT2D eigenvalue weighted by Gasteiger charge is 1.99. The summed E-state index contributed by atoms with van der Waals surface area (Å²) in [5.41, 5.74) is 11.9. The molecule has 0 amide bonds. The minimum absolute atomic E-state index is 0.153. The van der Waals surface area contributed by atoms with E-state index in [0.29, 0.717) is 11.3 Å². The Morgan fingerprint density at radius 2 is 2.06 bits per heavy atom. The highest BCUT2D eigenvalue weighted by molar-refractivity contribution is 6.02. The van der Waals surface area contributed by atoms with E-state index in [1.54, 1.807) is 25.1 Å². The van der Waals surface area contributed by atoms with Crippen LogP contribution in [0.3, 0.4) is 0 Å². The molecular formula is C12H15FN4. The molecule has 1 rings (SSSR count). The van der Waals surface area contributed by atoms with Crippen LogP contribution < -0.4 is 11.5 Å². The van der Waals surface area contributed by atoms with Crippen molar-refractivity contribution in [2.24, 2.45) is 16.5 Å². The molecule has 0 bridgehead atoms. The topological polar surface area (TPSA) is 88.2 Å². The molecule has 0 saturated heterocycles. The Hall–Kier alpha value is -2.17. The van der Waals surface area contributed by atoms with E-state index in [0.717, 1.165) is 0 Å². The second-order valence-electron chi connectivity index (χ2n) is 3.56. The van der Waals surface area contributed by atoms with Crippen LogP contribution in [0.5, 0.6) is 0 Å². The van der Waals surface area contributed by atoms with E-state index in [2.05, 4.69) is 4.99 Å². The van der Waals surface area contributed by atoms with E-state index in [9.17, 15) is 4.39 Å². The fraction of sp³-hybridized carbons (Fsp3) is 0.167. The molecule has 0 fully saturated rings. The van der Waals surface area contributed by atoms with Gasteiger partial charge in [0.15, 0.2) is 0 Å². The number of nitrogens with two attached hydrogens (primary N) is 2. The minimum Gasteiger partial charge on any atom is -0.396 e. The summed E-state index contributed by atoms with van der Waals surface area (Å²) in [5.74, 6) is -0.488. The first-order valence-corrected chi connectivity index (χ1v) is 5.06. The third-order valence-electron chi connectivity index (χ3n) is 2.13. The van der Waals surface area contributed by atoms with Crippen LogP contribution >= 0.6 is 0 Å². The van der Waals surface area contributed by atoms with E-state index in [1.165, 1.54) is 12.1 Å². The third-order valence-corrected chi connectivity index (χ3v) is 2.13. The highest BCUT2D eigenvalue weighted by atomic mass is 19.1. The number of nitrogens with one attached hydrogen (secondary N) is 1. The highest BCUT2D eigenvalue weighted by Crippen LogP contribution is 2.07. The van der Waals surface area contributed by atoms with Gasteiger partial charge in [0.1, 0.15) is 11.7 Å². The molecule has 17 heavy (non-hydrogen) atoms. The van der Waals surface area contributed by atoms with Crippen LogP contribution in [-0.4, -0.2) is 11.5 Å². The molecular weight excluding hydrogens is 219 g/mol. The van der Waals surface area contributed by atoms with Crippen molar-refractivity contribution in [2.45, 2.75) is 13.5 Å². The Balaban J connectivity index is 2.75. The number of amidine groups is 1. The fourth-order valence-corrected chi connectivity index (χ4v) is 1.18. The summed E-state index contributed by atoms with van der Waals surface area (Å²) in [7, 11) is 0. The Labute approximate surface area is 99.4 Å². The second kappa shape index (κ2) is 5.79. The van der Waals surface area contributed by atoms with Crippen molar-refractivity contribution in [2.75, 3.05) is 0 Å². The molecule has 0 aliphatic rings. The lowest BCUT2D eigenvalue weighted by molar-refractivity contribution is 0.611. The maximum absolute atomic E-state index is 13.3. The Morgan fingerprint density at radius 1 is 1.41 bits per heavy atom. The van der Waals surface area contributed by atoms with Gasteiger partial charge < -0.3 is 11.5 Å². The van der Waals surface area contributed by atoms with Crippen LogP contribution in [0.25, 0.3) is 0 Å². The maximum atomic E-state index is 13.3. The summed E-state index contributed by atoms with van der Waals surface area (Å²) in [5, 5.41) is 7.09. The van der Waals surface area contributed by atoms with Crippen molar-refractivity contribution < 1.29 is 4.39 Å². The largest absolute Gasteiger partial charge is 0.396 e. The number of nitrogens with zero attached hydrogens (tertiary/aromatic N) is 1. The van der Waals surface area contributed by atoms with Crippen molar-refractivity contribution >= 4 is 11.5 Å². The molecule has 0 heterocycles. The molecule has 90 valence electrons. The molecule has 4 nitrogen and oxygen atoms in total. The van der Waals surface area contributed by atoms with Crippen molar-refractivity contribution in [3.05, 3.63) is 47.4 Å². The lowest BCUT2D eigenvalue weighted by Crippen LogP contribution is -2.20. The van der Waals surface area contributed by atoms with Gasteiger partial charge in [-0.25, -0.2) is 4.39 Å². The Bertz CT molecular complexity index is 477. The summed E-state index contributed by atoms with van der Waals surface area (Å²) < 4.78 is 13.3. The smallest absolute Gasteiger partial charge is 0.139 e. The second-order valence-corrected chi connectivity index (χ2v) is 3.56. The van der Waals surface area contributed by atoms with Gasteiger partial charge in [0.2, 0.25) is 0 Å². The summed E-state index contributed by atoms with van der Waals surface area (Å²) >= 11 is 0. The van der Waals surface area contributed by atoms with Gasteiger partial charge in [-0.3, -0.25) is 10.4 Å². The first kappa shape index (κ1) is 12.9. The zero-order valence-electron chi connectivity index (χ0n) is 9.57. The first-order chi connectivity index (χ1) is 8.00. The van der Waals surface area contributed by atoms with Crippen molar-refractivity contribution in [1.82, 2.24) is 0 Å². The molecule has 0 aromatic heterocycles. The molecule has 1 aromatic rings. The molecule has 0 aliphatic carbocycles. The molecule has 0 aliphatic heterocycles. The number of benzene rings is 1. The van der Waals surface area contributed by atoms with Gasteiger partial charge in [-0.05, 0) is 19.1 Å². The number of rotatable bonds is 4. The van der Waals surface area contributed by atoms with Crippen LogP contribution in [0.15, 0.2) is 41.0 Å². The number of halogens is 1. The number of allylic oxidation sites excluding steroid dienone is 1. The molecule has 0 unspecified atom stereocenters. The number of hydrogen-bond donors (Lipinski definition) is 3. The zero-order chi connectivity index (χ0) is 12.8. The van der Waals surface area contributed by atoms with Crippen LogP contribution in [0.4, 0.5) is 4.39 Å². The molecule has 0 spiro atoms. The Morgan fingerprint density at radius 3 is 2.65 bits per heavy atom. The zero-order valence-corrected chi connectivity index (χ0v) is 9.57. The predicted octanol–water partition coefficient (Wildman–Crippen LogP) is 1.57. The first-order valence-electron chi connectivity index (χ1n) is 5.06. The predicted molar refractivity (Wildman–Crippen MR) is 67.4 cm³/mol. The molecule has 5 N–H and O–H groups in total. The van der Waals surface area contributed by atoms with E-state index < -0.39 is 0 Å². The lowest BCUT2D eigenvalue weighted by atomic mass is 10.2. The van der Waals surface area contributed by atoms with E-state index in [1.807, 2.05) is 0 Å². The summed E-state index contributed by atoms with van der Waals surface area (Å²) in [4.78, 5) is 4.15. The van der Waals surface area contributed by atoms with Gasteiger partial charge in [0.05, 0.1) is 12.2 Å². The summed E-state index contributed by atoms with van der Waals surface area (Å²) in [6, 6.07) is 6.44. The van der Waals surface area contributed by atoms with Gasteiger partial charge >= 0.3 is 0 Å². The van der Waals surface area contributed by atoms with E-state index in [4.69, 9.17) is 16.9 Å². The number of aliphatic imine (C=N–C) groups is 1. The SMILES string of the molecule is CC(C=C(N)C(=N)N)=NCc1ccccc1F. The summed E-state index contributed by atoms with van der Waals surface area (Å²) in [6.07, 6.45) is 1.49. The van der Waals surface area contributed by atoms with Gasteiger partial charge in [-0.2, -0.15) is 0 Å². The molecule has 5 heteroatoms. The third kappa shape index (κ3) is 4.06. The molecule has 0 radical (unpaired) electrons. The van der Waals surface area contributed by atoms with Gasteiger partial charge in [-0.15, -0.1) is 0 Å². The average Bonchev–Trinajstić information content (AvgIpc) is 2.27. The molecule has 1 aromatic carbocycles. The Kier molecular flexibility index (Phi) is 4.39. The van der Waals surface area contributed by atoms with Gasteiger partial charge in [0, 0.05) is 11.3 Å². The van der Waals surface area contributed by atoms with Gasteiger partial charge in [-0.1, -0.05) is 18.2 Å². The molecule has 0 atom stereocenters. The minimum atomic E-state index is -0.285. The van der Waals surface area contributed by atoms with E-state index >= 15 is 0 Å². The van der Waals surface area contributed by atoms with Crippen molar-refractivity contribution in [3.8, 4) is 0 Å². The lowest BCUT2D eigenvalue weighted by Gasteiger charge is -2.00. The monoisotopic (exact) mass is 234 g/mol. The van der Waals surface area contributed by atoms with Crippen LogP contribution in [0, 0.1) is 11.2 Å². The van der Waals surface area contributed by atoms with Crippen LogP contribution in [0.1, 0.15) is 12.5 Å². The maximum Gasteiger partial charge on any atom is 0.139 e. The van der Waals surface area contributed by atoms with Crippen LogP contribution in [-0.2, 0) is 6.54 Å². The van der Waals surface area contributed by atoms with Crippen molar-refractivity contribution in [1.29, 1.82) is 5.41 Å². The average molecular weight is 234 g/mol. The summed E-state index contributed by atoms with van der Waals surface area (Å²) in [6.45, 7) is 1.96. The normalized spacial score (nSPS) is 12.6.